The van der Waals surface area contributed by atoms with Crippen LogP contribution in [0.15, 0.2) is 0 Å². The van der Waals surface area contributed by atoms with Gasteiger partial charge in [-0.2, -0.15) is 0 Å². The Bertz CT molecular complexity index is 537. The number of primary amides is 1. The molecule has 1 aromatic rings. The average Bonchev–Trinajstić information content (AvgIpc) is 2.99. The van der Waals surface area contributed by atoms with Crippen LogP contribution >= 0.6 is 11.3 Å². The zero-order valence-electron chi connectivity index (χ0n) is 12.8. The van der Waals surface area contributed by atoms with Crippen molar-refractivity contribution in [1.29, 1.82) is 0 Å². The van der Waals surface area contributed by atoms with Gasteiger partial charge in [0.2, 0.25) is 5.91 Å². The third kappa shape index (κ3) is 3.46. The predicted octanol–water partition coefficient (Wildman–Crippen LogP) is 3.49. The molecule has 0 saturated heterocycles. The fraction of sp³-hybridized carbons (Fsp3) is 0.625. The first-order valence-corrected chi connectivity index (χ1v) is 8.65. The van der Waals surface area contributed by atoms with E-state index in [9.17, 15) is 9.59 Å². The van der Waals surface area contributed by atoms with Crippen molar-refractivity contribution in [2.45, 2.75) is 58.8 Å². The summed E-state index contributed by atoms with van der Waals surface area (Å²) in [6.07, 6.45) is 6.82. The number of hydrogen-bond acceptors (Lipinski definition) is 3. The molecule has 116 valence electrons. The van der Waals surface area contributed by atoms with E-state index in [1.165, 1.54) is 16.2 Å². The Morgan fingerprint density at radius 1 is 1.33 bits per heavy atom. The topological polar surface area (TPSA) is 72.2 Å². The second-order valence-corrected chi connectivity index (χ2v) is 6.77. The van der Waals surface area contributed by atoms with Crippen LogP contribution in [0.1, 0.15) is 66.8 Å². The van der Waals surface area contributed by atoms with Gasteiger partial charge >= 0.3 is 0 Å². The summed E-state index contributed by atoms with van der Waals surface area (Å²) in [5, 5.41) is 3.62. The minimum Gasteiger partial charge on any atom is -0.365 e. The summed E-state index contributed by atoms with van der Waals surface area (Å²) < 4.78 is 0. The molecule has 1 heterocycles. The van der Waals surface area contributed by atoms with E-state index < -0.39 is 5.91 Å². The minimum atomic E-state index is -0.425. The van der Waals surface area contributed by atoms with E-state index in [2.05, 4.69) is 12.2 Å². The van der Waals surface area contributed by atoms with Gasteiger partial charge in [-0.1, -0.05) is 26.7 Å². The number of unbranched alkanes of at least 4 members (excludes halogenated alkanes) is 1. The summed E-state index contributed by atoms with van der Waals surface area (Å²) in [6, 6.07) is 0. The Hall–Kier alpha value is -1.36. The fourth-order valence-corrected chi connectivity index (χ4v) is 4.24. The molecular formula is C16H24N2O2S. The summed E-state index contributed by atoms with van der Waals surface area (Å²) >= 11 is 1.52. The number of nitrogens with one attached hydrogen (secondary N) is 1. The molecule has 1 aliphatic rings. The van der Waals surface area contributed by atoms with Crippen LogP contribution in [0.25, 0.3) is 0 Å². The first-order chi connectivity index (χ1) is 10.1. The molecule has 0 spiro atoms. The maximum atomic E-state index is 12.4. The molecule has 0 radical (unpaired) electrons. The molecule has 4 nitrogen and oxygen atoms in total. The zero-order valence-corrected chi connectivity index (χ0v) is 13.6. The largest absolute Gasteiger partial charge is 0.365 e. The number of aryl methyl sites for hydroxylation is 1. The number of nitrogens with two attached hydrogens (primary N) is 1. The monoisotopic (exact) mass is 308 g/mol. The lowest BCUT2D eigenvalue weighted by Crippen LogP contribution is -2.24. The number of hydrogen-bond donors (Lipinski definition) is 2. The van der Waals surface area contributed by atoms with Crippen LogP contribution in [0.4, 0.5) is 5.00 Å². The second-order valence-electron chi connectivity index (χ2n) is 5.66. The maximum Gasteiger partial charge on any atom is 0.251 e. The lowest BCUT2D eigenvalue weighted by atomic mass is 9.98. The number of thiophene rings is 1. The van der Waals surface area contributed by atoms with Crippen molar-refractivity contribution in [3.05, 3.63) is 16.0 Å². The molecule has 1 unspecified atom stereocenters. The van der Waals surface area contributed by atoms with Crippen molar-refractivity contribution >= 4 is 28.2 Å². The Labute approximate surface area is 130 Å². The van der Waals surface area contributed by atoms with E-state index in [4.69, 9.17) is 5.73 Å². The molecule has 0 saturated carbocycles. The molecule has 1 aliphatic carbocycles. The van der Waals surface area contributed by atoms with Crippen LogP contribution < -0.4 is 11.1 Å². The van der Waals surface area contributed by atoms with Crippen LogP contribution in [-0.2, 0) is 17.6 Å². The van der Waals surface area contributed by atoms with Gasteiger partial charge in [-0.3, -0.25) is 9.59 Å². The zero-order chi connectivity index (χ0) is 15.4. The molecule has 2 amide bonds. The van der Waals surface area contributed by atoms with Crippen molar-refractivity contribution in [3.63, 3.8) is 0 Å². The van der Waals surface area contributed by atoms with Crippen LogP contribution in [-0.4, -0.2) is 11.8 Å². The molecule has 0 bridgehead atoms. The van der Waals surface area contributed by atoms with Crippen LogP contribution in [0, 0.1) is 5.92 Å². The highest BCUT2D eigenvalue weighted by atomic mass is 32.1. The summed E-state index contributed by atoms with van der Waals surface area (Å²) in [5.41, 5.74) is 7.12. The number of amides is 2. The quantitative estimate of drug-likeness (QED) is 0.809. The smallest absolute Gasteiger partial charge is 0.251 e. The third-order valence-electron chi connectivity index (χ3n) is 4.17. The van der Waals surface area contributed by atoms with Crippen molar-refractivity contribution in [3.8, 4) is 0 Å². The number of anilines is 1. The van der Waals surface area contributed by atoms with Gasteiger partial charge in [-0.15, -0.1) is 11.3 Å². The van der Waals surface area contributed by atoms with Crippen molar-refractivity contribution in [2.24, 2.45) is 11.7 Å². The first kappa shape index (κ1) is 16.0. The van der Waals surface area contributed by atoms with Crippen LogP contribution in [0.5, 0.6) is 0 Å². The maximum absolute atomic E-state index is 12.4. The minimum absolute atomic E-state index is 0.0163. The summed E-state index contributed by atoms with van der Waals surface area (Å²) in [7, 11) is 0. The highest BCUT2D eigenvalue weighted by Gasteiger charge is 2.27. The highest BCUT2D eigenvalue weighted by Crippen LogP contribution is 2.39. The SMILES string of the molecule is CCCCC(CC)C(=O)Nc1sc2c(c1C(N)=O)CCC2. The van der Waals surface area contributed by atoms with Crippen LogP contribution in [0.2, 0.25) is 0 Å². The number of fused-ring (bicyclic) bond motifs is 1. The summed E-state index contributed by atoms with van der Waals surface area (Å²) in [5.74, 6) is -0.387. The summed E-state index contributed by atoms with van der Waals surface area (Å²) in [6.45, 7) is 4.16. The number of carbonyl (C=O) groups is 2. The van der Waals surface area contributed by atoms with E-state index in [1.54, 1.807) is 0 Å². The number of carbonyl (C=O) groups excluding carboxylic acids is 2. The molecule has 2 rings (SSSR count). The normalized spacial score (nSPS) is 14.8. The molecule has 0 aromatic carbocycles. The van der Waals surface area contributed by atoms with Gasteiger partial charge in [-0.25, -0.2) is 0 Å². The average molecular weight is 308 g/mol. The fourth-order valence-electron chi connectivity index (χ4n) is 2.94. The molecule has 5 heteroatoms. The van der Waals surface area contributed by atoms with Gasteiger partial charge in [0, 0.05) is 10.8 Å². The molecule has 21 heavy (non-hydrogen) atoms. The van der Waals surface area contributed by atoms with Gasteiger partial charge in [0.25, 0.3) is 5.91 Å². The Kier molecular flexibility index (Phi) is 5.39. The van der Waals surface area contributed by atoms with E-state index in [0.717, 1.165) is 50.5 Å². The van der Waals surface area contributed by atoms with Gasteiger partial charge < -0.3 is 11.1 Å². The number of rotatable bonds is 7. The highest BCUT2D eigenvalue weighted by molar-refractivity contribution is 7.17. The first-order valence-electron chi connectivity index (χ1n) is 7.83. The van der Waals surface area contributed by atoms with E-state index >= 15 is 0 Å². The van der Waals surface area contributed by atoms with Gasteiger partial charge in [-0.05, 0) is 37.7 Å². The Balaban J connectivity index is 2.15. The van der Waals surface area contributed by atoms with E-state index in [-0.39, 0.29) is 11.8 Å². The molecule has 3 N–H and O–H groups in total. The third-order valence-corrected chi connectivity index (χ3v) is 5.38. The lowest BCUT2D eigenvalue weighted by molar-refractivity contribution is -0.120. The van der Waals surface area contributed by atoms with Crippen molar-refractivity contribution < 1.29 is 9.59 Å². The van der Waals surface area contributed by atoms with Gasteiger partial charge in [0.15, 0.2) is 0 Å². The van der Waals surface area contributed by atoms with Crippen LogP contribution in [0.3, 0.4) is 0 Å². The lowest BCUT2D eigenvalue weighted by Gasteiger charge is -2.14. The van der Waals surface area contributed by atoms with E-state index in [1.807, 2.05) is 6.92 Å². The molecule has 0 aliphatic heterocycles. The molecule has 1 atom stereocenters. The summed E-state index contributed by atoms with van der Waals surface area (Å²) in [4.78, 5) is 25.3. The second kappa shape index (κ2) is 7.07. The van der Waals surface area contributed by atoms with Crippen molar-refractivity contribution in [1.82, 2.24) is 0 Å². The van der Waals surface area contributed by atoms with Gasteiger partial charge in [0.05, 0.1) is 5.56 Å². The van der Waals surface area contributed by atoms with E-state index in [0.29, 0.717) is 10.6 Å². The standard InChI is InChI=1S/C16H24N2O2S/c1-3-5-7-10(4-2)15(20)18-16-13(14(17)19)11-8-6-9-12(11)21-16/h10H,3-9H2,1-2H3,(H2,17,19)(H,18,20). The van der Waals surface area contributed by atoms with Crippen molar-refractivity contribution in [2.75, 3.05) is 5.32 Å². The molecule has 1 aromatic heterocycles. The molecule has 0 fully saturated rings. The Morgan fingerprint density at radius 3 is 2.71 bits per heavy atom. The Morgan fingerprint density at radius 2 is 2.10 bits per heavy atom. The van der Waals surface area contributed by atoms with Gasteiger partial charge in [0.1, 0.15) is 5.00 Å². The molecular weight excluding hydrogens is 284 g/mol. The predicted molar refractivity (Wildman–Crippen MR) is 86.8 cm³/mol.